The zero-order valence-electron chi connectivity index (χ0n) is 20.2. The van der Waals surface area contributed by atoms with Crippen LogP contribution in [0.2, 0.25) is 0 Å². The number of carbonyl (C=O) groups is 2. The molecule has 0 bridgehead atoms. The Kier molecular flexibility index (Phi) is 7.76. The molecule has 3 aromatic rings. The number of amides is 1. The Hall–Kier alpha value is -3.16. The average molecular weight is 533 g/mol. The lowest BCUT2D eigenvalue weighted by Crippen LogP contribution is -2.51. The van der Waals surface area contributed by atoms with E-state index in [2.05, 4.69) is 15.3 Å². The van der Waals surface area contributed by atoms with Gasteiger partial charge in [0.05, 0.1) is 30.5 Å². The number of hydrogen-bond acceptors (Lipinski definition) is 9. The molecule has 3 N–H and O–H groups in total. The Morgan fingerprint density at radius 2 is 1.84 bits per heavy atom. The van der Waals surface area contributed by atoms with Crippen LogP contribution in [0.3, 0.4) is 0 Å². The normalized spacial score (nSPS) is 15.0. The summed E-state index contributed by atoms with van der Waals surface area (Å²) in [6.07, 6.45) is 0.325. The number of anilines is 1. The molecule has 1 saturated heterocycles. The number of morpholine rings is 1. The van der Waals surface area contributed by atoms with Crippen molar-refractivity contribution in [2.24, 2.45) is 5.41 Å². The number of nitrogens with one attached hydrogen (secondary N) is 1. The first-order valence-electron chi connectivity index (χ1n) is 11.5. The molecule has 1 aliphatic rings. The number of aromatic nitrogens is 2. The van der Waals surface area contributed by atoms with Gasteiger partial charge in [0.15, 0.2) is 16.7 Å². The number of hydrogen-bond donors (Lipinski definition) is 3. The summed E-state index contributed by atoms with van der Waals surface area (Å²) in [5.41, 5.74) is -0.981. The predicted molar refractivity (Wildman–Crippen MR) is 132 cm³/mol. The van der Waals surface area contributed by atoms with Crippen molar-refractivity contribution in [1.29, 1.82) is 0 Å². The van der Waals surface area contributed by atoms with E-state index in [0.29, 0.717) is 24.8 Å². The van der Waals surface area contributed by atoms with Crippen molar-refractivity contribution in [2.75, 3.05) is 31.6 Å². The van der Waals surface area contributed by atoms with Crippen LogP contribution in [0.4, 0.5) is 13.9 Å². The predicted octanol–water partition coefficient (Wildman–Crippen LogP) is 3.15. The van der Waals surface area contributed by atoms with Crippen LogP contribution in [0.15, 0.2) is 42.6 Å². The number of pyridine rings is 1. The van der Waals surface area contributed by atoms with Crippen LogP contribution >= 0.6 is 11.3 Å². The van der Waals surface area contributed by atoms with E-state index >= 15 is 0 Å². The van der Waals surface area contributed by atoms with Crippen LogP contribution in [0.25, 0.3) is 11.3 Å². The molecule has 1 aromatic carbocycles. The minimum absolute atomic E-state index is 0.0891. The van der Waals surface area contributed by atoms with Gasteiger partial charge in [0.25, 0.3) is 5.91 Å². The maximum atomic E-state index is 14.0. The third-order valence-electron chi connectivity index (χ3n) is 5.94. The third-order valence-corrected chi connectivity index (χ3v) is 7.00. The summed E-state index contributed by atoms with van der Waals surface area (Å²) >= 11 is 0.894. The molecule has 0 atom stereocenters. The molecule has 0 radical (unpaired) electrons. The molecule has 1 amide bonds. The highest BCUT2D eigenvalue weighted by Gasteiger charge is 2.41. The zero-order valence-corrected chi connectivity index (χ0v) is 21.0. The summed E-state index contributed by atoms with van der Waals surface area (Å²) < 4.78 is 32.5. The van der Waals surface area contributed by atoms with Crippen molar-refractivity contribution in [1.82, 2.24) is 14.9 Å². The lowest BCUT2D eigenvalue weighted by molar-refractivity contribution is -0.284. The number of benzene rings is 1. The maximum absolute atomic E-state index is 14.0. The number of rotatable bonds is 8. The van der Waals surface area contributed by atoms with Gasteiger partial charge in [0.2, 0.25) is 5.91 Å². The third kappa shape index (κ3) is 5.89. The molecule has 9 nitrogen and oxygen atoms in total. The average Bonchev–Trinajstić information content (AvgIpc) is 3.29. The molecule has 4 rings (SSSR count). The minimum atomic E-state index is -2.37. The second-order valence-corrected chi connectivity index (χ2v) is 10.2. The second kappa shape index (κ2) is 10.7. The van der Waals surface area contributed by atoms with Gasteiger partial charge >= 0.3 is 0 Å². The number of ketones is 1. The fourth-order valence-electron chi connectivity index (χ4n) is 3.86. The van der Waals surface area contributed by atoms with E-state index in [1.165, 1.54) is 18.7 Å². The van der Waals surface area contributed by atoms with Crippen molar-refractivity contribution in [3.8, 4) is 11.3 Å². The molecular weight excluding hydrogens is 506 g/mol. The van der Waals surface area contributed by atoms with Crippen LogP contribution in [0.5, 0.6) is 0 Å². The number of thiazole rings is 1. The molecular formula is C25H26F2N4O5S. The van der Waals surface area contributed by atoms with E-state index < -0.39 is 46.8 Å². The minimum Gasteiger partial charge on any atom is -0.379 e. The van der Waals surface area contributed by atoms with E-state index in [1.54, 1.807) is 24.3 Å². The molecule has 0 spiro atoms. The van der Waals surface area contributed by atoms with Crippen LogP contribution in [0, 0.1) is 17.0 Å². The SMILES string of the molecule is CC(C)(CC(=O)c1ncc(F)cc1F)C(=O)Nc1nc(-c2ccccc2)c(C(O)(O)N2CCOCC2)s1. The number of nitrogens with zero attached hydrogens (tertiary/aromatic N) is 3. The van der Waals surface area contributed by atoms with E-state index in [1.807, 2.05) is 6.07 Å². The summed E-state index contributed by atoms with van der Waals surface area (Å²) in [6, 6.07) is 9.43. The van der Waals surface area contributed by atoms with Gasteiger partial charge in [-0.3, -0.25) is 9.59 Å². The van der Waals surface area contributed by atoms with Crippen molar-refractivity contribution < 1.29 is 33.3 Å². The van der Waals surface area contributed by atoms with Gasteiger partial charge in [-0.2, -0.15) is 0 Å². The highest BCUT2D eigenvalue weighted by Crippen LogP contribution is 2.40. The largest absolute Gasteiger partial charge is 0.379 e. The van der Waals surface area contributed by atoms with Crippen LogP contribution in [0.1, 0.15) is 35.6 Å². The summed E-state index contributed by atoms with van der Waals surface area (Å²) in [5.74, 6) is -5.76. The Morgan fingerprint density at radius 3 is 2.49 bits per heavy atom. The maximum Gasteiger partial charge on any atom is 0.265 e. The van der Waals surface area contributed by atoms with E-state index in [0.717, 1.165) is 17.5 Å². The van der Waals surface area contributed by atoms with Gasteiger partial charge in [0.1, 0.15) is 16.4 Å². The molecule has 1 aliphatic heterocycles. The van der Waals surface area contributed by atoms with Crippen LogP contribution < -0.4 is 5.32 Å². The standard InChI is InChI=1S/C25H26F2N4O5S/c1-24(2,13-18(32)20-17(27)12-16(26)14-28-20)22(33)30-23-29-19(15-6-4-3-5-7-15)21(37-23)25(34,35)31-8-10-36-11-9-31/h3-7,12,14,34-35H,8-11,13H2,1-2H3,(H,29,30,33). The van der Waals surface area contributed by atoms with Gasteiger partial charge in [0, 0.05) is 31.1 Å². The molecule has 0 saturated carbocycles. The van der Waals surface area contributed by atoms with Crippen LogP contribution in [-0.4, -0.2) is 63.1 Å². The Labute approximate surface area is 215 Å². The van der Waals surface area contributed by atoms with Crippen molar-refractivity contribution in [3.63, 3.8) is 0 Å². The van der Waals surface area contributed by atoms with Crippen molar-refractivity contribution >= 4 is 28.2 Å². The monoisotopic (exact) mass is 532 g/mol. The van der Waals surface area contributed by atoms with Gasteiger partial charge in [-0.25, -0.2) is 23.6 Å². The van der Waals surface area contributed by atoms with Crippen molar-refractivity contribution in [2.45, 2.75) is 26.2 Å². The molecule has 3 heterocycles. The summed E-state index contributed by atoms with van der Waals surface area (Å²) in [5, 5.41) is 25.0. The lowest BCUT2D eigenvalue weighted by Gasteiger charge is -2.36. The highest BCUT2D eigenvalue weighted by molar-refractivity contribution is 7.16. The topological polar surface area (TPSA) is 125 Å². The zero-order chi connectivity index (χ0) is 26.8. The van der Waals surface area contributed by atoms with E-state index in [4.69, 9.17) is 4.74 Å². The fraction of sp³-hybridized carbons (Fsp3) is 0.360. The Balaban J connectivity index is 1.59. The first-order valence-corrected chi connectivity index (χ1v) is 12.3. The molecule has 37 heavy (non-hydrogen) atoms. The number of carbonyl (C=O) groups excluding carboxylic acids is 2. The number of ether oxygens (including phenoxy) is 1. The van der Waals surface area contributed by atoms with E-state index in [9.17, 15) is 28.6 Å². The number of Topliss-reactive ketones (excluding diaryl/α,β-unsaturated/α-hetero) is 1. The fourth-order valence-corrected chi connectivity index (χ4v) is 4.86. The van der Waals surface area contributed by atoms with Crippen molar-refractivity contribution in [3.05, 3.63) is 64.8 Å². The highest BCUT2D eigenvalue weighted by atomic mass is 32.1. The van der Waals surface area contributed by atoms with Gasteiger partial charge in [-0.1, -0.05) is 55.5 Å². The van der Waals surface area contributed by atoms with Crippen LogP contribution in [-0.2, 0) is 15.4 Å². The number of aliphatic hydroxyl groups is 2. The summed E-state index contributed by atoms with van der Waals surface area (Å²) in [7, 11) is 0. The Morgan fingerprint density at radius 1 is 1.16 bits per heavy atom. The first kappa shape index (κ1) is 26.9. The molecule has 2 aromatic heterocycles. The molecule has 0 unspecified atom stereocenters. The quantitative estimate of drug-likeness (QED) is 0.299. The molecule has 12 heteroatoms. The number of halogens is 2. The van der Waals surface area contributed by atoms with Gasteiger partial charge < -0.3 is 20.3 Å². The lowest BCUT2D eigenvalue weighted by atomic mass is 9.85. The molecule has 1 fully saturated rings. The molecule has 0 aliphatic carbocycles. The van der Waals surface area contributed by atoms with Gasteiger partial charge in [-0.15, -0.1) is 0 Å². The van der Waals surface area contributed by atoms with E-state index in [-0.39, 0.29) is 28.8 Å². The summed E-state index contributed by atoms with van der Waals surface area (Å²) in [4.78, 5) is 35.3. The summed E-state index contributed by atoms with van der Waals surface area (Å²) in [6.45, 7) is 4.21. The molecule has 196 valence electrons. The smallest absolute Gasteiger partial charge is 0.265 e. The second-order valence-electron chi connectivity index (χ2n) is 9.22. The first-order chi connectivity index (χ1) is 17.5. The van der Waals surface area contributed by atoms with Gasteiger partial charge in [-0.05, 0) is 0 Å². The Bertz CT molecular complexity index is 1290.